The van der Waals surface area contributed by atoms with Crippen LogP contribution in [-0.2, 0) is 17.2 Å². The molecule has 1 fully saturated rings. The van der Waals surface area contributed by atoms with Gasteiger partial charge in [-0.1, -0.05) is 27.7 Å². The van der Waals surface area contributed by atoms with E-state index in [2.05, 4.69) is 9.55 Å². The minimum atomic E-state index is 0.0574. The van der Waals surface area contributed by atoms with Gasteiger partial charge < -0.3 is 9.30 Å². The van der Waals surface area contributed by atoms with E-state index in [-0.39, 0.29) is 11.9 Å². The number of Topliss-reactive ketones (excluding diaryl/α,β-unsaturated/α-hetero) is 1. The van der Waals surface area contributed by atoms with Crippen LogP contribution in [0.15, 0.2) is 18.2 Å². The van der Waals surface area contributed by atoms with Crippen molar-refractivity contribution in [3.8, 4) is 0 Å². The monoisotopic (exact) mass is 338 g/mol. The molecule has 4 nitrogen and oxygen atoms in total. The van der Waals surface area contributed by atoms with Gasteiger partial charge >= 0.3 is 0 Å². The smallest absolute Gasteiger partial charge is 0.159 e. The van der Waals surface area contributed by atoms with Crippen LogP contribution < -0.4 is 0 Å². The summed E-state index contributed by atoms with van der Waals surface area (Å²) in [5, 5.41) is 0. The number of rotatable bonds is 4. The lowest BCUT2D eigenvalue weighted by Crippen LogP contribution is -2.31. The van der Waals surface area contributed by atoms with Crippen LogP contribution in [0.2, 0.25) is 0 Å². The van der Waals surface area contributed by atoms with Crippen molar-refractivity contribution in [3.05, 3.63) is 29.6 Å². The van der Waals surface area contributed by atoms with Crippen LogP contribution in [0.4, 0.5) is 0 Å². The highest BCUT2D eigenvalue weighted by molar-refractivity contribution is 6.16. The molecule has 128 valence electrons. The zero-order valence-electron chi connectivity index (χ0n) is 14.7. The predicted molar refractivity (Wildman–Crippen MR) is 96.3 cm³/mol. The molecule has 0 spiro atoms. The molecule has 2 heterocycles. The van der Waals surface area contributed by atoms with Crippen LogP contribution in [-0.4, -0.2) is 28.0 Å². The average molecular weight is 339 g/mol. The fourth-order valence-electron chi connectivity index (χ4n) is 2.33. The Balaban J connectivity index is 0.000000615. The first-order valence-electron chi connectivity index (χ1n) is 8.36. The summed E-state index contributed by atoms with van der Waals surface area (Å²) in [6.07, 6.45) is 1.30. The quantitative estimate of drug-likeness (QED) is 0.593. The summed E-state index contributed by atoms with van der Waals surface area (Å²) < 4.78 is 7.54. The lowest BCUT2D eigenvalue weighted by Gasteiger charge is -2.27. The zero-order valence-corrected chi connectivity index (χ0v) is 15.5. The van der Waals surface area contributed by atoms with Gasteiger partial charge in [-0.25, -0.2) is 4.98 Å². The second-order valence-electron chi connectivity index (χ2n) is 4.81. The van der Waals surface area contributed by atoms with Crippen LogP contribution in [0.5, 0.6) is 0 Å². The first-order chi connectivity index (χ1) is 11.2. The highest BCUT2D eigenvalue weighted by Gasteiger charge is 2.21. The van der Waals surface area contributed by atoms with Gasteiger partial charge in [-0.05, 0) is 31.5 Å². The lowest BCUT2D eigenvalue weighted by molar-refractivity contribution is -0.0589. The van der Waals surface area contributed by atoms with Crippen molar-refractivity contribution in [3.63, 3.8) is 0 Å². The number of halogens is 1. The summed E-state index contributed by atoms with van der Waals surface area (Å²) in [7, 11) is 0. The fourth-order valence-corrected chi connectivity index (χ4v) is 2.53. The number of hydrogen-bond donors (Lipinski definition) is 0. The van der Waals surface area contributed by atoms with Gasteiger partial charge in [-0.2, -0.15) is 0 Å². The first-order valence-corrected chi connectivity index (χ1v) is 8.90. The number of carbonyl (C=O) groups is 1. The molecule has 23 heavy (non-hydrogen) atoms. The molecule has 1 aliphatic heterocycles. The van der Waals surface area contributed by atoms with Gasteiger partial charge in [0.15, 0.2) is 5.78 Å². The molecule has 0 saturated carbocycles. The highest BCUT2D eigenvalue weighted by Crippen LogP contribution is 2.23. The Labute approximate surface area is 143 Å². The average Bonchev–Trinajstić information content (AvgIpc) is 2.91. The number of carbonyl (C=O) groups excluding carboxylic acids is 1. The van der Waals surface area contributed by atoms with Crippen molar-refractivity contribution in [1.82, 2.24) is 9.55 Å². The molecule has 1 saturated heterocycles. The Morgan fingerprint density at radius 2 is 2.00 bits per heavy atom. The Morgan fingerprint density at radius 3 is 2.48 bits per heavy atom. The molecule has 0 radical (unpaired) electrons. The number of fused-ring (bicyclic) bond motifs is 1. The number of hydrogen-bond acceptors (Lipinski definition) is 3. The zero-order chi connectivity index (χ0) is 17.4. The van der Waals surface area contributed by atoms with Crippen molar-refractivity contribution < 1.29 is 9.53 Å². The second kappa shape index (κ2) is 9.68. The van der Waals surface area contributed by atoms with E-state index in [0.29, 0.717) is 11.4 Å². The fraction of sp³-hybridized carbons (Fsp3) is 0.556. The predicted octanol–water partition coefficient (Wildman–Crippen LogP) is 4.82. The third kappa shape index (κ3) is 4.55. The minimum absolute atomic E-state index is 0.0574. The number of ketones is 1. The molecule has 0 bridgehead atoms. The van der Waals surface area contributed by atoms with Crippen molar-refractivity contribution in [2.24, 2.45) is 0 Å². The van der Waals surface area contributed by atoms with Crippen LogP contribution in [0.25, 0.3) is 11.0 Å². The molecule has 1 unspecified atom stereocenters. The Hall–Kier alpha value is -1.39. The van der Waals surface area contributed by atoms with Crippen molar-refractivity contribution in [1.29, 1.82) is 0 Å². The van der Waals surface area contributed by atoms with Gasteiger partial charge in [-0.3, -0.25) is 4.79 Å². The van der Waals surface area contributed by atoms with Gasteiger partial charge in [0, 0.05) is 12.2 Å². The van der Waals surface area contributed by atoms with Crippen LogP contribution in [0.1, 0.15) is 57.2 Å². The molecule has 0 aliphatic carbocycles. The summed E-state index contributed by atoms with van der Waals surface area (Å²) in [6, 6.07) is 5.57. The van der Waals surface area contributed by atoms with Gasteiger partial charge in [-0.15, -0.1) is 11.6 Å². The Bertz CT molecular complexity index is 633. The maximum atomic E-state index is 11.5. The molecular formula is C18H27ClN2O2. The molecule has 3 rings (SSSR count). The van der Waals surface area contributed by atoms with Crippen molar-refractivity contribution >= 4 is 28.4 Å². The summed E-state index contributed by atoms with van der Waals surface area (Å²) >= 11 is 5.96. The maximum absolute atomic E-state index is 11.5. The maximum Gasteiger partial charge on any atom is 0.159 e. The summed E-state index contributed by atoms with van der Waals surface area (Å²) in [5.74, 6) is 1.24. The molecule has 0 amide bonds. The molecule has 1 aromatic carbocycles. The Morgan fingerprint density at radius 1 is 1.35 bits per heavy atom. The number of ether oxygens (including phenoxy) is 1. The third-order valence-corrected chi connectivity index (χ3v) is 3.77. The molecule has 2 aromatic rings. The van der Waals surface area contributed by atoms with E-state index in [1.165, 1.54) is 0 Å². The normalized spacial score (nSPS) is 15.8. The van der Waals surface area contributed by atoms with E-state index in [1.54, 1.807) is 13.0 Å². The third-order valence-electron chi connectivity index (χ3n) is 3.53. The standard InChI is InChI=1S/C14H15ClN2O2.2C2H6/c1-9(18)10-2-3-12-13(6-10)17(14(7-15)16-12)8-11-4-5-19-11;2*1-2/h2-3,6,11H,4-5,7-8H2,1H3;2*1-2H3. The molecule has 1 atom stereocenters. The largest absolute Gasteiger partial charge is 0.376 e. The van der Waals surface area contributed by atoms with Gasteiger partial charge in [0.2, 0.25) is 0 Å². The van der Waals surface area contributed by atoms with Gasteiger partial charge in [0.25, 0.3) is 0 Å². The van der Waals surface area contributed by atoms with E-state index in [9.17, 15) is 4.79 Å². The number of alkyl halides is 1. The molecular weight excluding hydrogens is 312 g/mol. The SMILES string of the molecule is CC.CC.CC(=O)c1ccc2nc(CCl)n(CC3CCO3)c2c1. The van der Waals surface area contributed by atoms with Crippen LogP contribution in [0, 0.1) is 0 Å². The van der Waals surface area contributed by atoms with Gasteiger partial charge in [0.05, 0.1) is 29.6 Å². The second-order valence-corrected chi connectivity index (χ2v) is 5.08. The number of nitrogens with zero attached hydrogens (tertiary/aromatic N) is 2. The number of benzene rings is 1. The summed E-state index contributed by atoms with van der Waals surface area (Å²) in [6.45, 7) is 11.1. The van der Waals surface area contributed by atoms with Crippen molar-refractivity contribution in [2.75, 3.05) is 6.61 Å². The summed E-state index contributed by atoms with van der Waals surface area (Å²) in [5.41, 5.74) is 2.53. The van der Waals surface area contributed by atoms with Crippen LogP contribution >= 0.6 is 11.6 Å². The van der Waals surface area contributed by atoms with Gasteiger partial charge in [0.1, 0.15) is 5.82 Å². The first kappa shape index (κ1) is 19.7. The van der Waals surface area contributed by atoms with Crippen LogP contribution in [0.3, 0.4) is 0 Å². The molecule has 5 heteroatoms. The van der Waals surface area contributed by atoms with E-state index >= 15 is 0 Å². The topological polar surface area (TPSA) is 44.1 Å². The lowest BCUT2D eigenvalue weighted by atomic mass is 10.1. The molecule has 1 aliphatic rings. The minimum Gasteiger partial charge on any atom is -0.376 e. The summed E-state index contributed by atoms with van der Waals surface area (Å²) in [4.78, 5) is 16.0. The highest BCUT2D eigenvalue weighted by atomic mass is 35.5. The molecule has 0 N–H and O–H groups in total. The van der Waals surface area contributed by atoms with E-state index in [1.807, 2.05) is 39.8 Å². The van der Waals surface area contributed by atoms with Crippen molar-refractivity contribution in [2.45, 2.75) is 59.6 Å². The van der Waals surface area contributed by atoms with E-state index in [4.69, 9.17) is 16.3 Å². The number of aromatic nitrogens is 2. The Kier molecular flexibility index (Phi) is 8.28. The van der Waals surface area contributed by atoms with E-state index in [0.717, 1.165) is 36.4 Å². The molecule has 1 aromatic heterocycles. The van der Waals surface area contributed by atoms with E-state index < -0.39 is 0 Å². The number of imidazole rings is 1.